The summed E-state index contributed by atoms with van der Waals surface area (Å²) in [4.78, 5) is 7.20. The second-order valence-electron chi connectivity index (χ2n) is 6.86. The van der Waals surface area contributed by atoms with E-state index in [1.807, 2.05) is 6.07 Å². The van der Waals surface area contributed by atoms with Crippen molar-refractivity contribution in [3.8, 4) is 0 Å². The third kappa shape index (κ3) is 2.44. The molecule has 0 atom stereocenters. The van der Waals surface area contributed by atoms with Gasteiger partial charge in [-0.3, -0.25) is 0 Å². The van der Waals surface area contributed by atoms with Gasteiger partial charge in [0.2, 0.25) is 0 Å². The van der Waals surface area contributed by atoms with Crippen LogP contribution in [0.4, 0.5) is 5.69 Å². The molecule has 2 aliphatic heterocycles. The van der Waals surface area contributed by atoms with E-state index in [9.17, 15) is 0 Å². The zero-order chi connectivity index (χ0) is 17.4. The van der Waals surface area contributed by atoms with Gasteiger partial charge in [-0.2, -0.15) is 0 Å². The predicted octanol–water partition coefficient (Wildman–Crippen LogP) is 4.51. The SMILES string of the molecule is c1ccc(C2(c3ccccc3)CN3Cc4ccccc4N=C3CO2)cc1. The van der Waals surface area contributed by atoms with E-state index in [1.165, 1.54) is 16.7 Å². The Hall–Kier alpha value is -2.91. The summed E-state index contributed by atoms with van der Waals surface area (Å²) in [6, 6.07) is 29.4. The first-order valence-electron chi connectivity index (χ1n) is 9.01. The summed E-state index contributed by atoms with van der Waals surface area (Å²) in [6.45, 7) is 2.14. The van der Waals surface area contributed by atoms with Crippen LogP contribution in [0.5, 0.6) is 0 Å². The summed E-state index contributed by atoms with van der Waals surface area (Å²) in [7, 11) is 0. The first-order valence-corrected chi connectivity index (χ1v) is 9.01. The van der Waals surface area contributed by atoms with E-state index in [0.29, 0.717) is 6.61 Å². The molecule has 0 amide bonds. The molecule has 26 heavy (non-hydrogen) atoms. The Morgan fingerprint density at radius 2 is 1.38 bits per heavy atom. The number of fused-ring (bicyclic) bond motifs is 2. The van der Waals surface area contributed by atoms with E-state index in [1.54, 1.807) is 0 Å². The average molecular weight is 340 g/mol. The lowest BCUT2D eigenvalue weighted by atomic mass is 9.84. The maximum atomic E-state index is 6.55. The Balaban J connectivity index is 1.59. The summed E-state index contributed by atoms with van der Waals surface area (Å²) in [6.07, 6.45) is 0. The van der Waals surface area contributed by atoms with Crippen molar-refractivity contribution in [2.24, 2.45) is 4.99 Å². The van der Waals surface area contributed by atoms with Gasteiger partial charge in [0.25, 0.3) is 0 Å². The van der Waals surface area contributed by atoms with Crippen LogP contribution < -0.4 is 0 Å². The number of hydrogen-bond donors (Lipinski definition) is 0. The van der Waals surface area contributed by atoms with Crippen LogP contribution in [0.25, 0.3) is 0 Å². The highest BCUT2D eigenvalue weighted by Gasteiger charge is 2.42. The van der Waals surface area contributed by atoms with Crippen molar-refractivity contribution in [3.63, 3.8) is 0 Å². The smallest absolute Gasteiger partial charge is 0.136 e. The van der Waals surface area contributed by atoms with E-state index in [-0.39, 0.29) is 0 Å². The lowest BCUT2D eigenvalue weighted by Crippen LogP contribution is -2.53. The number of ether oxygens (including phenoxy) is 1. The van der Waals surface area contributed by atoms with Crippen molar-refractivity contribution in [2.45, 2.75) is 12.1 Å². The Morgan fingerprint density at radius 3 is 2.08 bits per heavy atom. The third-order valence-electron chi connectivity index (χ3n) is 5.31. The molecule has 2 heterocycles. The highest BCUT2D eigenvalue weighted by Crippen LogP contribution is 2.39. The van der Waals surface area contributed by atoms with Crippen LogP contribution in [0.1, 0.15) is 16.7 Å². The molecule has 0 unspecified atom stereocenters. The minimum Gasteiger partial charge on any atom is -0.356 e. The van der Waals surface area contributed by atoms with Gasteiger partial charge in [-0.1, -0.05) is 78.9 Å². The van der Waals surface area contributed by atoms with Crippen molar-refractivity contribution in [2.75, 3.05) is 13.2 Å². The number of nitrogens with zero attached hydrogens (tertiary/aromatic N) is 2. The topological polar surface area (TPSA) is 24.8 Å². The molecule has 3 heteroatoms. The monoisotopic (exact) mass is 340 g/mol. The molecule has 0 bridgehead atoms. The van der Waals surface area contributed by atoms with E-state index in [0.717, 1.165) is 24.6 Å². The molecule has 128 valence electrons. The van der Waals surface area contributed by atoms with Crippen LogP contribution in [-0.2, 0) is 16.9 Å². The Bertz CT molecular complexity index is 911. The molecule has 5 rings (SSSR count). The van der Waals surface area contributed by atoms with Crippen LogP contribution >= 0.6 is 0 Å². The highest BCUT2D eigenvalue weighted by atomic mass is 16.5. The zero-order valence-electron chi connectivity index (χ0n) is 14.5. The van der Waals surface area contributed by atoms with Gasteiger partial charge in [0, 0.05) is 6.54 Å². The number of para-hydroxylation sites is 1. The minimum absolute atomic E-state index is 0.478. The van der Waals surface area contributed by atoms with Crippen molar-refractivity contribution < 1.29 is 4.74 Å². The standard InChI is InChI=1S/C23H20N2O/c1-3-10-19(11-4-1)23(20-12-5-2-6-13-20)17-25-15-18-9-7-8-14-21(18)24-22(25)16-26-23/h1-14H,15-17H2. The number of rotatable bonds is 2. The summed E-state index contributed by atoms with van der Waals surface area (Å²) >= 11 is 0. The fraction of sp³-hybridized carbons (Fsp3) is 0.174. The zero-order valence-corrected chi connectivity index (χ0v) is 14.5. The summed E-state index contributed by atoms with van der Waals surface area (Å²) in [5.74, 6) is 1.02. The molecular weight excluding hydrogens is 320 g/mol. The predicted molar refractivity (Wildman–Crippen MR) is 104 cm³/mol. The molecule has 1 saturated heterocycles. The van der Waals surface area contributed by atoms with Crippen LogP contribution in [0.3, 0.4) is 0 Å². The second kappa shape index (κ2) is 6.11. The number of benzene rings is 3. The maximum Gasteiger partial charge on any atom is 0.136 e. The molecule has 0 aliphatic carbocycles. The van der Waals surface area contributed by atoms with Crippen molar-refractivity contribution in [1.82, 2.24) is 4.90 Å². The van der Waals surface area contributed by atoms with E-state index < -0.39 is 5.60 Å². The van der Waals surface area contributed by atoms with Gasteiger partial charge in [-0.05, 0) is 22.8 Å². The van der Waals surface area contributed by atoms with E-state index in [2.05, 4.69) is 83.8 Å². The fourth-order valence-electron chi connectivity index (χ4n) is 3.96. The van der Waals surface area contributed by atoms with E-state index >= 15 is 0 Å². The van der Waals surface area contributed by atoms with Gasteiger partial charge in [-0.15, -0.1) is 0 Å². The summed E-state index contributed by atoms with van der Waals surface area (Å²) in [5, 5.41) is 0. The van der Waals surface area contributed by atoms with Gasteiger partial charge in [-0.25, -0.2) is 4.99 Å². The Morgan fingerprint density at radius 1 is 0.769 bits per heavy atom. The minimum atomic E-state index is -0.478. The summed E-state index contributed by atoms with van der Waals surface area (Å²) in [5.41, 5.74) is 4.23. The van der Waals surface area contributed by atoms with Crippen molar-refractivity contribution >= 4 is 11.5 Å². The first-order chi connectivity index (χ1) is 12.9. The second-order valence-corrected chi connectivity index (χ2v) is 6.86. The van der Waals surface area contributed by atoms with Crippen LogP contribution in [0.15, 0.2) is 89.9 Å². The van der Waals surface area contributed by atoms with Gasteiger partial charge in [0.15, 0.2) is 0 Å². The third-order valence-corrected chi connectivity index (χ3v) is 5.31. The highest BCUT2D eigenvalue weighted by molar-refractivity contribution is 5.89. The largest absolute Gasteiger partial charge is 0.356 e. The molecule has 0 N–H and O–H groups in total. The molecule has 3 nitrogen and oxygen atoms in total. The molecule has 0 radical (unpaired) electrons. The molecule has 3 aromatic rings. The number of amidine groups is 1. The number of aliphatic imine (C=N–C) groups is 1. The molecule has 0 spiro atoms. The van der Waals surface area contributed by atoms with Gasteiger partial charge < -0.3 is 9.64 Å². The maximum absolute atomic E-state index is 6.55. The lowest BCUT2D eigenvalue weighted by molar-refractivity contribution is -0.0388. The fourth-order valence-corrected chi connectivity index (χ4v) is 3.96. The molecule has 0 saturated carbocycles. The van der Waals surface area contributed by atoms with Gasteiger partial charge in [0.05, 0.1) is 12.2 Å². The lowest BCUT2D eigenvalue weighted by Gasteiger charge is -2.46. The summed E-state index contributed by atoms with van der Waals surface area (Å²) < 4.78 is 6.55. The van der Waals surface area contributed by atoms with Gasteiger partial charge in [0.1, 0.15) is 18.0 Å². The quantitative estimate of drug-likeness (QED) is 0.686. The Kier molecular flexibility index (Phi) is 3.61. The van der Waals surface area contributed by atoms with Crippen LogP contribution in [0.2, 0.25) is 0 Å². The first kappa shape index (κ1) is 15.4. The normalized spacial score (nSPS) is 17.8. The molecule has 3 aromatic carbocycles. The molecular formula is C23H20N2O. The van der Waals surface area contributed by atoms with E-state index in [4.69, 9.17) is 9.73 Å². The van der Waals surface area contributed by atoms with Crippen molar-refractivity contribution in [3.05, 3.63) is 102 Å². The number of hydrogen-bond acceptors (Lipinski definition) is 3. The molecule has 0 aromatic heterocycles. The average Bonchev–Trinajstić information content (AvgIpc) is 2.73. The van der Waals surface area contributed by atoms with Crippen LogP contribution in [-0.4, -0.2) is 23.9 Å². The number of morpholine rings is 1. The van der Waals surface area contributed by atoms with Crippen molar-refractivity contribution in [1.29, 1.82) is 0 Å². The van der Waals surface area contributed by atoms with Crippen LogP contribution in [0, 0.1) is 0 Å². The Labute approximate surface area is 153 Å². The van der Waals surface area contributed by atoms with Gasteiger partial charge >= 0.3 is 0 Å². The molecule has 1 fully saturated rings. The molecule has 2 aliphatic rings.